The quantitative estimate of drug-likeness (QED) is 0.524. The van der Waals surface area contributed by atoms with Crippen LogP contribution in [0.25, 0.3) is 22.2 Å². The molecule has 3 aliphatic rings. The first-order valence-electron chi connectivity index (χ1n) is 13.2. The molecule has 8 nitrogen and oxygen atoms in total. The van der Waals surface area contributed by atoms with Crippen molar-refractivity contribution in [2.24, 2.45) is 5.92 Å². The molecule has 2 fully saturated rings. The van der Waals surface area contributed by atoms with Crippen LogP contribution in [-0.4, -0.2) is 63.8 Å². The fourth-order valence-electron chi connectivity index (χ4n) is 6.07. The van der Waals surface area contributed by atoms with Gasteiger partial charge in [-0.2, -0.15) is 10.4 Å². The molecule has 0 spiro atoms. The predicted octanol–water partition coefficient (Wildman–Crippen LogP) is 4.30. The van der Waals surface area contributed by atoms with Gasteiger partial charge >= 0.3 is 0 Å². The molecule has 3 aromatic heterocycles. The summed E-state index contributed by atoms with van der Waals surface area (Å²) < 4.78 is 7.30. The summed E-state index contributed by atoms with van der Waals surface area (Å²) in [6, 6.07) is 9.12. The molecule has 0 aliphatic carbocycles. The molecule has 2 unspecified atom stereocenters. The zero-order chi connectivity index (χ0) is 25.5. The van der Waals surface area contributed by atoms with Crippen molar-refractivity contribution in [1.82, 2.24) is 19.5 Å². The standard InChI is InChI=1S/C29H32N6O2/c1-19(2)11-28(36)35-24-4-5-25(35)18-33(17-24)27-6-3-21(14-31-27)26-12-22(20-7-9-37-10-8-20)16-34-29(26)23(13-30)15-32-34/h3,6-7,12,14-16,19,24-25H,4-5,8-11,17-18H2,1-2H3. The van der Waals surface area contributed by atoms with Crippen LogP contribution in [0.3, 0.4) is 0 Å². The minimum atomic E-state index is 0.264. The summed E-state index contributed by atoms with van der Waals surface area (Å²) in [5.74, 6) is 1.61. The van der Waals surface area contributed by atoms with Gasteiger partial charge in [0.25, 0.3) is 0 Å². The fraction of sp³-hybridized carbons (Fsp3) is 0.448. The van der Waals surface area contributed by atoms with Gasteiger partial charge in [0.2, 0.25) is 5.91 Å². The van der Waals surface area contributed by atoms with Crippen molar-refractivity contribution in [3.05, 3.63) is 54.0 Å². The van der Waals surface area contributed by atoms with Crippen LogP contribution in [0, 0.1) is 17.2 Å². The lowest BCUT2D eigenvalue weighted by molar-refractivity contribution is -0.135. The Balaban J connectivity index is 1.29. The lowest BCUT2D eigenvalue weighted by Crippen LogP contribution is -2.56. The molecule has 2 atom stereocenters. The van der Waals surface area contributed by atoms with Gasteiger partial charge < -0.3 is 14.5 Å². The van der Waals surface area contributed by atoms with Crippen molar-refractivity contribution >= 4 is 22.8 Å². The van der Waals surface area contributed by atoms with E-state index in [-0.39, 0.29) is 12.1 Å². The number of pyridine rings is 2. The Morgan fingerprint density at radius 1 is 1.19 bits per heavy atom. The van der Waals surface area contributed by atoms with E-state index in [9.17, 15) is 10.1 Å². The highest BCUT2D eigenvalue weighted by molar-refractivity contribution is 5.87. The lowest BCUT2D eigenvalue weighted by Gasteiger charge is -2.42. The molecule has 0 aromatic carbocycles. The molecule has 1 amide bonds. The van der Waals surface area contributed by atoms with Gasteiger partial charge in [-0.15, -0.1) is 0 Å². The number of aromatic nitrogens is 3. The lowest BCUT2D eigenvalue weighted by atomic mass is 9.98. The van der Waals surface area contributed by atoms with Crippen molar-refractivity contribution in [2.45, 2.75) is 51.6 Å². The highest BCUT2D eigenvalue weighted by Gasteiger charge is 2.42. The average molecular weight is 497 g/mol. The molecule has 0 saturated carbocycles. The van der Waals surface area contributed by atoms with E-state index in [1.54, 1.807) is 10.7 Å². The van der Waals surface area contributed by atoms with Crippen molar-refractivity contribution < 1.29 is 9.53 Å². The summed E-state index contributed by atoms with van der Waals surface area (Å²) in [5, 5.41) is 14.2. The Morgan fingerprint density at radius 2 is 2.00 bits per heavy atom. The second kappa shape index (κ2) is 9.64. The number of hydrogen-bond acceptors (Lipinski definition) is 6. The Bertz CT molecular complexity index is 1390. The number of ether oxygens (including phenoxy) is 1. The molecule has 0 N–H and O–H groups in total. The van der Waals surface area contributed by atoms with Crippen molar-refractivity contribution in [1.29, 1.82) is 5.26 Å². The summed E-state index contributed by atoms with van der Waals surface area (Å²) in [6.07, 6.45) is 11.2. The number of rotatable bonds is 5. The number of nitrogens with zero attached hydrogens (tertiary/aromatic N) is 6. The highest BCUT2D eigenvalue weighted by Crippen LogP contribution is 2.35. The SMILES string of the molecule is CC(C)CC(=O)N1C2CCC1CN(c1ccc(-c3cc(C4=CCOCC4)cn4ncc(C#N)c34)cn1)C2. The number of carbonyl (C=O) groups excluding carboxylic acids is 1. The van der Waals surface area contributed by atoms with Crippen LogP contribution in [0.5, 0.6) is 0 Å². The Hall–Kier alpha value is -3.70. The number of hydrogen-bond donors (Lipinski definition) is 0. The molecule has 6 rings (SSSR count). The largest absolute Gasteiger partial charge is 0.377 e. The Morgan fingerprint density at radius 3 is 2.65 bits per heavy atom. The minimum Gasteiger partial charge on any atom is -0.377 e. The molecule has 2 bridgehead atoms. The molecule has 190 valence electrons. The van der Waals surface area contributed by atoms with E-state index in [1.165, 1.54) is 5.57 Å². The van der Waals surface area contributed by atoms with E-state index in [0.29, 0.717) is 37.0 Å². The minimum absolute atomic E-state index is 0.264. The van der Waals surface area contributed by atoms with Crippen molar-refractivity contribution in [3.63, 3.8) is 0 Å². The van der Waals surface area contributed by atoms with Crippen LogP contribution in [-0.2, 0) is 9.53 Å². The van der Waals surface area contributed by atoms with Crippen molar-refractivity contribution in [2.75, 3.05) is 31.2 Å². The number of fused-ring (bicyclic) bond motifs is 3. The molecule has 3 aliphatic heterocycles. The molecule has 6 heterocycles. The summed E-state index contributed by atoms with van der Waals surface area (Å²) in [7, 11) is 0. The number of amides is 1. The van der Waals surface area contributed by atoms with E-state index in [4.69, 9.17) is 9.72 Å². The number of nitriles is 1. The van der Waals surface area contributed by atoms with Crippen LogP contribution < -0.4 is 4.90 Å². The second-order valence-electron chi connectivity index (χ2n) is 10.8. The summed E-state index contributed by atoms with van der Waals surface area (Å²) in [6.45, 7) is 7.17. The topological polar surface area (TPSA) is 86.8 Å². The molecule has 0 radical (unpaired) electrons. The van der Waals surface area contributed by atoms with E-state index in [0.717, 1.165) is 60.4 Å². The average Bonchev–Trinajstić information content (AvgIpc) is 3.45. The van der Waals surface area contributed by atoms with Crippen LogP contribution in [0.15, 0.2) is 42.9 Å². The fourth-order valence-corrected chi connectivity index (χ4v) is 6.07. The van der Waals surface area contributed by atoms with Gasteiger partial charge in [-0.05, 0) is 54.5 Å². The van der Waals surface area contributed by atoms with E-state index < -0.39 is 0 Å². The first-order chi connectivity index (χ1) is 18.0. The third-order valence-electron chi connectivity index (χ3n) is 7.80. The number of carbonyl (C=O) groups is 1. The number of anilines is 1. The molecule has 8 heteroatoms. The maximum absolute atomic E-state index is 12.8. The predicted molar refractivity (Wildman–Crippen MR) is 142 cm³/mol. The van der Waals surface area contributed by atoms with E-state index in [2.05, 4.69) is 59.1 Å². The molecule has 37 heavy (non-hydrogen) atoms. The van der Waals surface area contributed by atoms with Crippen LogP contribution in [0.1, 0.15) is 50.7 Å². The maximum atomic E-state index is 12.8. The number of piperazine rings is 1. The molecular weight excluding hydrogens is 464 g/mol. The molecule has 2 saturated heterocycles. The summed E-state index contributed by atoms with van der Waals surface area (Å²) in [4.78, 5) is 22.2. The monoisotopic (exact) mass is 496 g/mol. The highest BCUT2D eigenvalue weighted by atomic mass is 16.5. The van der Waals surface area contributed by atoms with Crippen LogP contribution in [0.2, 0.25) is 0 Å². The van der Waals surface area contributed by atoms with Gasteiger partial charge in [0, 0.05) is 55.1 Å². The van der Waals surface area contributed by atoms with Gasteiger partial charge in [-0.3, -0.25) is 4.79 Å². The van der Waals surface area contributed by atoms with Gasteiger partial charge in [0.15, 0.2) is 0 Å². The van der Waals surface area contributed by atoms with Crippen LogP contribution >= 0.6 is 0 Å². The summed E-state index contributed by atoms with van der Waals surface area (Å²) >= 11 is 0. The van der Waals surface area contributed by atoms with Gasteiger partial charge in [-0.25, -0.2) is 9.50 Å². The molecular formula is C29H32N6O2. The zero-order valence-electron chi connectivity index (χ0n) is 21.4. The third-order valence-corrected chi connectivity index (χ3v) is 7.80. The van der Waals surface area contributed by atoms with Crippen molar-refractivity contribution in [3.8, 4) is 17.2 Å². The first-order valence-corrected chi connectivity index (χ1v) is 13.2. The second-order valence-corrected chi connectivity index (χ2v) is 10.8. The normalized spacial score (nSPS) is 21.4. The maximum Gasteiger partial charge on any atom is 0.223 e. The Kier molecular flexibility index (Phi) is 6.17. The van der Waals surface area contributed by atoms with Gasteiger partial charge in [0.1, 0.15) is 11.9 Å². The zero-order valence-corrected chi connectivity index (χ0v) is 21.4. The van der Waals surface area contributed by atoms with Crippen LogP contribution in [0.4, 0.5) is 5.82 Å². The summed E-state index contributed by atoms with van der Waals surface area (Å²) in [5.41, 5.74) is 5.56. The molecule has 3 aromatic rings. The third kappa shape index (κ3) is 4.38. The smallest absolute Gasteiger partial charge is 0.223 e. The Labute approximate surface area is 217 Å². The first kappa shape index (κ1) is 23.7. The van der Waals surface area contributed by atoms with E-state index >= 15 is 0 Å². The van der Waals surface area contributed by atoms with Gasteiger partial charge in [0.05, 0.1) is 30.5 Å². The van der Waals surface area contributed by atoms with Gasteiger partial charge in [-0.1, -0.05) is 19.9 Å². The van der Waals surface area contributed by atoms with E-state index in [1.807, 2.05) is 12.4 Å².